The lowest BCUT2D eigenvalue weighted by Crippen LogP contribution is -2.37. The average molecular weight is 383 g/mol. The Hall–Kier alpha value is -3.56. The monoisotopic (exact) mass is 383 g/mol. The third kappa shape index (κ3) is 2.73. The number of anilines is 1. The number of nitrogens with one attached hydrogen (secondary N) is 1. The van der Waals surface area contributed by atoms with Gasteiger partial charge in [-0.1, -0.05) is 0 Å². The van der Waals surface area contributed by atoms with Crippen molar-refractivity contribution in [3.05, 3.63) is 66.4 Å². The maximum atomic E-state index is 12.8. The van der Waals surface area contributed by atoms with E-state index < -0.39 is 6.61 Å². The summed E-state index contributed by atoms with van der Waals surface area (Å²) in [5, 5.41) is 4.61. The van der Waals surface area contributed by atoms with Crippen LogP contribution in [-0.4, -0.2) is 42.7 Å². The highest BCUT2D eigenvalue weighted by molar-refractivity contribution is 5.62. The third-order valence-electron chi connectivity index (χ3n) is 4.75. The molecule has 1 unspecified atom stereocenters. The SMILES string of the molecule is FC(F)Oc1cccn2nc(C3c4nc[nH]c4CCN3c3cnccn3)cc12. The van der Waals surface area contributed by atoms with Crippen LogP contribution in [-0.2, 0) is 6.42 Å². The number of imidazole rings is 1. The van der Waals surface area contributed by atoms with Crippen molar-refractivity contribution in [3.8, 4) is 5.75 Å². The third-order valence-corrected chi connectivity index (χ3v) is 4.75. The number of aromatic nitrogens is 6. The summed E-state index contributed by atoms with van der Waals surface area (Å²) in [7, 11) is 0. The lowest BCUT2D eigenvalue weighted by atomic mass is 10.00. The summed E-state index contributed by atoms with van der Waals surface area (Å²) < 4.78 is 31.7. The number of rotatable bonds is 4. The molecule has 8 nitrogen and oxygen atoms in total. The quantitative estimate of drug-likeness (QED) is 0.583. The molecule has 0 radical (unpaired) electrons. The smallest absolute Gasteiger partial charge is 0.387 e. The molecule has 1 atom stereocenters. The molecule has 142 valence electrons. The molecule has 0 aliphatic carbocycles. The van der Waals surface area contributed by atoms with Crippen LogP contribution >= 0.6 is 0 Å². The van der Waals surface area contributed by atoms with Gasteiger partial charge in [0.15, 0.2) is 5.75 Å². The van der Waals surface area contributed by atoms with Crippen molar-refractivity contribution < 1.29 is 13.5 Å². The van der Waals surface area contributed by atoms with Crippen LogP contribution in [0.5, 0.6) is 5.75 Å². The van der Waals surface area contributed by atoms with Gasteiger partial charge in [0.05, 0.1) is 23.9 Å². The highest BCUT2D eigenvalue weighted by Crippen LogP contribution is 2.36. The van der Waals surface area contributed by atoms with Gasteiger partial charge in [-0.2, -0.15) is 13.9 Å². The van der Waals surface area contributed by atoms with E-state index in [-0.39, 0.29) is 11.8 Å². The van der Waals surface area contributed by atoms with Crippen LogP contribution in [0.4, 0.5) is 14.6 Å². The zero-order valence-electron chi connectivity index (χ0n) is 14.5. The minimum Gasteiger partial charge on any atom is -0.433 e. The Bertz CT molecular complexity index is 1110. The number of nitrogens with zero attached hydrogens (tertiary/aromatic N) is 6. The minimum absolute atomic E-state index is 0.0698. The largest absolute Gasteiger partial charge is 0.433 e. The number of H-pyrrole nitrogens is 1. The van der Waals surface area contributed by atoms with Crippen LogP contribution in [0, 0.1) is 0 Å². The topological polar surface area (TPSA) is 84.2 Å². The second kappa shape index (κ2) is 6.55. The lowest BCUT2D eigenvalue weighted by Gasteiger charge is -2.34. The maximum Gasteiger partial charge on any atom is 0.387 e. The van der Waals surface area contributed by atoms with Gasteiger partial charge in [-0.05, 0) is 18.2 Å². The molecule has 0 bridgehead atoms. The Kier molecular flexibility index (Phi) is 3.89. The summed E-state index contributed by atoms with van der Waals surface area (Å²) in [6.07, 6.45) is 9.05. The van der Waals surface area contributed by atoms with Gasteiger partial charge in [-0.15, -0.1) is 0 Å². The van der Waals surface area contributed by atoms with Gasteiger partial charge in [0.1, 0.15) is 17.4 Å². The number of pyridine rings is 1. The second-order valence-corrected chi connectivity index (χ2v) is 6.33. The summed E-state index contributed by atoms with van der Waals surface area (Å²) in [5.74, 6) is 0.766. The van der Waals surface area contributed by atoms with Crippen molar-refractivity contribution in [2.75, 3.05) is 11.4 Å². The van der Waals surface area contributed by atoms with E-state index >= 15 is 0 Å². The Labute approximate surface area is 157 Å². The van der Waals surface area contributed by atoms with E-state index in [0.29, 0.717) is 23.6 Å². The molecule has 0 spiro atoms. The van der Waals surface area contributed by atoms with Crippen molar-refractivity contribution in [1.82, 2.24) is 29.5 Å². The molecule has 0 saturated carbocycles. The van der Waals surface area contributed by atoms with Crippen LogP contribution < -0.4 is 9.64 Å². The molecule has 28 heavy (non-hydrogen) atoms. The van der Waals surface area contributed by atoms with Crippen molar-refractivity contribution in [2.45, 2.75) is 19.1 Å². The summed E-state index contributed by atoms with van der Waals surface area (Å²) >= 11 is 0. The summed E-state index contributed by atoms with van der Waals surface area (Å²) in [5.41, 5.74) is 2.96. The second-order valence-electron chi connectivity index (χ2n) is 6.33. The van der Waals surface area contributed by atoms with E-state index in [4.69, 9.17) is 0 Å². The number of hydrogen-bond donors (Lipinski definition) is 1. The van der Waals surface area contributed by atoms with Crippen molar-refractivity contribution in [1.29, 1.82) is 0 Å². The van der Waals surface area contributed by atoms with Crippen LogP contribution in [0.25, 0.3) is 5.52 Å². The Morgan fingerprint density at radius 2 is 2.18 bits per heavy atom. The number of hydrogen-bond acceptors (Lipinski definition) is 6. The molecule has 5 heterocycles. The zero-order chi connectivity index (χ0) is 19.1. The molecule has 0 amide bonds. The fourth-order valence-corrected chi connectivity index (χ4v) is 3.60. The van der Waals surface area contributed by atoms with Crippen molar-refractivity contribution in [2.24, 2.45) is 0 Å². The average Bonchev–Trinajstić information content (AvgIpc) is 3.34. The first-order chi connectivity index (χ1) is 13.7. The van der Waals surface area contributed by atoms with E-state index in [2.05, 4.69) is 34.7 Å². The van der Waals surface area contributed by atoms with Gasteiger partial charge >= 0.3 is 6.61 Å². The van der Waals surface area contributed by atoms with Gasteiger partial charge in [0.25, 0.3) is 0 Å². The predicted octanol–water partition coefficient (Wildman–Crippen LogP) is 2.60. The van der Waals surface area contributed by atoms with Gasteiger partial charge in [-0.25, -0.2) is 14.5 Å². The highest BCUT2D eigenvalue weighted by Gasteiger charge is 2.34. The van der Waals surface area contributed by atoms with Gasteiger partial charge in [0, 0.05) is 37.3 Å². The molecule has 10 heteroatoms. The number of aromatic amines is 1. The van der Waals surface area contributed by atoms with E-state index in [1.807, 2.05) is 0 Å². The van der Waals surface area contributed by atoms with E-state index in [1.165, 1.54) is 10.6 Å². The first kappa shape index (κ1) is 16.6. The standard InChI is InChI=1S/C18H15F2N7O/c19-18(20)28-14-2-1-6-27-13(14)8-12(25-27)17-16-11(23-10-24-16)3-7-26(17)15-9-21-4-5-22-15/h1-2,4-6,8-10,17-18H,3,7H2,(H,23,24). The van der Waals surface area contributed by atoms with Crippen LogP contribution in [0.3, 0.4) is 0 Å². The van der Waals surface area contributed by atoms with Crippen LogP contribution in [0.15, 0.2) is 49.3 Å². The van der Waals surface area contributed by atoms with Crippen LogP contribution in [0.1, 0.15) is 23.1 Å². The fourth-order valence-electron chi connectivity index (χ4n) is 3.60. The number of halogens is 2. The molecule has 1 aliphatic heterocycles. The Morgan fingerprint density at radius 1 is 1.25 bits per heavy atom. The first-order valence-electron chi connectivity index (χ1n) is 8.68. The molecule has 0 fully saturated rings. The van der Waals surface area contributed by atoms with Gasteiger partial charge in [-0.3, -0.25) is 4.98 Å². The van der Waals surface area contributed by atoms with Crippen LogP contribution in [0.2, 0.25) is 0 Å². The van der Waals surface area contributed by atoms with E-state index in [9.17, 15) is 8.78 Å². The Morgan fingerprint density at radius 3 is 3.00 bits per heavy atom. The number of alkyl halides is 2. The predicted molar refractivity (Wildman–Crippen MR) is 95.3 cm³/mol. The molecular weight excluding hydrogens is 368 g/mol. The minimum atomic E-state index is -2.91. The molecule has 0 aromatic carbocycles. The molecule has 0 saturated heterocycles. The summed E-state index contributed by atoms with van der Waals surface area (Å²) in [6.45, 7) is -2.22. The van der Waals surface area contributed by atoms with Crippen molar-refractivity contribution >= 4 is 11.3 Å². The molecule has 4 aromatic heterocycles. The normalized spacial score (nSPS) is 16.5. The molecule has 1 aliphatic rings. The summed E-state index contributed by atoms with van der Waals surface area (Å²) in [6, 6.07) is 4.53. The fraction of sp³-hybridized carbons (Fsp3) is 0.222. The van der Waals surface area contributed by atoms with E-state index in [0.717, 1.165) is 17.8 Å². The first-order valence-corrected chi connectivity index (χ1v) is 8.68. The Balaban J connectivity index is 1.65. The van der Waals surface area contributed by atoms with Gasteiger partial charge < -0.3 is 14.6 Å². The highest BCUT2D eigenvalue weighted by atomic mass is 19.3. The van der Waals surface area contributed by atoms with E-state index in [1.54, 1.807) is 43.2 Å². The van der Waals surface area contributed by atoms with Gasteiger partial charge in [0.2, 0.25) is 0 Å². The molecule has 4 aromatic rings. The molecule has 1 N–H and O–H groups in total. The molecule has 5 rings (SSSR count). The summed E-state index contributed by atoms with van der Waals surface area (Å²) in [4.78, 5) is 18.3. The molecular formula is C18H15F2N7O. The lowest BCUT2D eigenvalue weighted by molar-refractivity contribution is -0.0490. The maximum absolute atomic E-state index is 12.8. The number of ether oxygens (including phenoxy) is 1. The zero-order valence-corrected chi connectivity index (χ0v) is 14.5. The number of fused-ring (bicyclic) bond motifs is 2. The van der Waals surface area contributed by atoms with Crippen molar-refractivity contribution in [3.63, 3.8) is 0 Å².